The predicted octanol–water partition coefficient (Wildman–Crippen LogP) is 0.891. The predicted molar refractivity (Wildman–Crippen MR) is 59.8 cm³/mol. The van der Waals surface area contributed by atoms with E-state index in [9.17, 15) is 0 Å². The fourth-order valence-corrected chi connectivity index (χ4v) is 2.35. The minimum Gasteiger partial charge on any atom is -0.479 e. The molecule has 2 aliphatic heterocycles. The van der Waals surface area contributed by atoms with Crippen molar-refractivity contribution in [3.63, 3.8) is 0 Å². The normalized spacial score (nSPS) is 28.9. The summed E-state index contributed by atoms with van der Waals surface area (Å²) >= 11 is 0. The molecule has 1 aromatic rings. The molecular weight excluding hydrogens is 222 g/mol. The molecule has 0 amide bonds. The first-order chi connectivity index (χ1) is 8.35. The van der Waals surface area contributed by atoms with Gasteiger partial charge in [0.25, 0.3) is 5.88 Å². The molecule has 0 N–H and O–H groups in total. The van der Waals surface area contributed by atoms with Gasteiger partial charge in [-0.1, -0.05) is 5.16 Å². The Hall–Kier alpha value is -1.56. The third-order valence-electron chi connectivity index (χ3n) is 3.26. The molecule has 2 atom stereocenters. The van der Waals surface area contributed by atoms with Crippen molar-refractivity contribution in [3.05, 3.63) is 11.8 Å². The van der Waals surface area contributed by atoms with Crippen LogP contribution in [0.3, 0.4) is 0 Å². The van der Waals surface area contributed by atoms with Crippen LogP contribution >= 0.6 is 0 Å². The van der Waals surface area contributed by atoms with E-state index in [0.717, 1.165) is 18.8 Å². The van der Waals surface area contributed by atoms with E-state index in [1.54, 1.807) is 13.2 Å². The lowest BCUT2D eigenvalue weighted by atomic mass is 10.0. The van der Waals surface area contributed by atoms with Gasteiger partial charge in [0.2, 0.25) is 0 Å². The zero-order chi connectivity index (χ0) is 11.7. The monoisotopic (exact) mass is 237 g/mol. The molecule has 2 unspecified atom stereocenters. The van der Waals surface area contributed by atoms with Crippen LogP contribution in [0.1, 0.15) is 12.2 Å². The summed E-state index contributed by atoms with van der Waals surface area (Å²) in [4.78, 5) is 7.68. The maximum Gasteiger partial charge on any atom is 0.254 e. The van der Waals surface area contributed by atoms with Gasteiger partial charge in [0.1, 0.15) is 0 Å². The van der Waals surface area contributed by atoms with Gasteiger partial charge in [-0.25, -0.2) is 0 Å². The van der Waals surface area contributed by atoms with E-state index in [4.69, 9.17) is 14.1 Å². The summed E-state index contributed by atoms with van der Waals surface area (Å²) in [6.45, 7) is 3.58. The largest absolute Gasteiger partial charge is 0.479 e. The van der Waals surface area contributed by atoms with E-state index in [1.165, 1.54) is 13.0 Å². The summed E-state index contributed by atoms with van der Waals surface area (Å²) in [5, 5.41) is 7.87. The van der Waals surface area contributed by atoms with Crippen molar-refractivity contribution in [1.82, 2.24) is 10.1 Å². The summed E-state index contributed by atoms with van der Waals surface area (Å²) in [5.41, 5.74) is 1.16. The van der Waals surface area contributed by atoms with Crippen LogP contribution in [0.5, 0.6) is 5.88 Å². The molecule has 0 aliphatic carbocycles. The Morgan fingerprint density at radius 2 is 2.59 bits per heavy atom. The standard InChI is InChI=1S/C11H15N3O3/c1-15-11-4-9(17-13-11)7-16-12-10-6-14-3-2-8(10)5-14/h4,8H,2-3,5-7H2,1H3/b12-10+. The first-order valence-corrected chi connectivity index (χ1v) is 5.76. The van der Waals surface area contributed by atoms with Crippen LogP contribution in [0.2, 0.25) is 0 Å². The highest BCUT2D eigenvalue weighted by molar-refractivity contribution is 5.91. The lowest BCUT2D eigenvalue weighted by molar-refractivity contribution is 0.107. The minimum absolute atomic E-state index is 0.298. The van der Waals surface area contributed by atoms with Gasteiger partial charge in [0, 0.05) is 25.1 Å². The molecular formula is C11H15N3O3. The average Bonchev–Trinajstić information content (AvgIpc) is 3.04. The zero-order valence-corrected chi connectivity index (χ0v) is 9.76. The molecule has 92 valence electrons. The second-order valence-corrected chi connectivity index (χ2v) is 4.41. The van der Waals surface area contributed by atoms with Gasteiger partial charge in [0.15, 0.2) is 12.4 Å². The number of methoxy groups -OCH3 is 1. The molecule has 3 heterocycles. The minimum atomic E-state index is 0.298. The molecule has 0 radical (unpaired) electrons. The molecule has 6 heteroatoms. The van der Waals surface area contributed by atoms with E-state index in [0.29, 0.717) is 24.2 Å². The summed E-state index contributed by atoms with van der Waals surface area (Å²) in [7, 11) is 1.55. The zero-order valence-electron chi connectivity index (χ0n) is 9.76. The first kappa shape index (κ1) is 10.6. The summed E-state index contributed by atoms with van der Waals surface area (Å²) in [6.07, 6.45) is 1.21. The van der Waals surface area contributed by atoms with Crippen molar-refractivity contribution in [1.29, 1.82) is 0 Å². The molecule has 2 saturated heterocycles. The second kappa shape index (κ2) is 4.37. The Morgan fingerprint density at radius 3 is 3.24 bits per heavy atom. The summed E-state index contributed by atoms with van der Waals surface area (Å²) in [6, 6.07) is 1.70. The van der Waals surface area contributed by atoms with Gasteiger partial charge < -0.3 is 14.1 Å². The van der Waals surface area contributed by atoms with Crippen molar-refractivity contribution in [2.24, 2.45) is 11.1 Å². The average molecular weight is 237 g/mol. The molecule has 17 heavy (non-hydrogen) atoms. The van der Waals surface area contributed by atoms with E-state index in [2.05, 4.69) is 15.2 Å². The van der Waals surface area contributed by atoms with E-state index in [-0.39, 0.29) is 0 Å². The number of nitrogens with zero attached hydrogens (tertiary/aromatic N) is 3. The number of hydrogen-bond donors (Lipinski definition) is 0. The highest BCUT2D eigenvalue weighted by atomic mass is 16.6. The molecule has 2 bridgehead atoms. The molecule has 2 fully saturated rings. The van der Waals surface area contributed by atoms with Gasteiger partial charge >= 0.3 is 0 Å². The van der Waals surface area contributed by atoms with Crippen LogP contribution in [0.4, 0.5) is 0 Å². The van der Waals surface area contributed by atoms with E-state index in [1.807, 2.05) is 0 Å². The summed E-state index contributed by atoms with van der Waals surface area (Å²) < 4.78 is 9.91. The van der Waals surface area contributed by atoms with E-state index < -0.39 is 0 Å². The molecule has 0 spiro atoms. The molecule has 2 aliphatic rings. The number of hydrogen-bond acceptors (Lipinski definition) is 6. The van der Waals surface area contributed by atoms with Crippen LogP contribution in [-0.2, 0) is 11.4 Å². The Labute approximate surface area is 99.1 Å². The van der Waals surface area contributed by atoms with Crippen molar-refractivity contribution >= 4 is 5.71 Å². The SMILES string of the molecule is COc1cc(CO/N=C2\CN3CCC2C3)on1. The fourth-order valence-electron chi connectivity index (χ4n) is 2.35. The molecule has 6 nitrogen and oxygen atoms in total. The van der Waals surface area contributed by atoms with Crippen LogP contribution in [-0.4, -0.2) is 42.5 Å². The van der Waals surface area contributed by atoms with Gasteiger partial charge in [-0.2, -0.15) is 0 Å². The maximum absolute atomic E-state index is 5.29. The number of oxime groups is 1. The third-order valence-corrected chi connectivity index (χ3v) is 3.26. The highest BCUT2D eigenvalue weighted by Gasteiger charge is 2.35. The lowest BCUT2D eigenvalue weighted by Crippen LogP contribution is -2.23. The maximum atomic E-state index is 5.29. The molecule has 1 aromatic heterocycles. The highest BCUT2D eigenvalue weighted by Crippen LogP contribution is 2.25. The van der Waals surface area contributed by atoms with Crippen LogP contribution in [0, 0.1) is 5.92 Å². The third kappa shape index (κ3) is 2.12. The quantitative estimate of drug-likeness (QED) is 0.728. The Morgan fingerprint density at radius 1 is 1.65 bits per heavy atom. The number of fused-ring (bicyclic) bond motifs is 2. The van der Waals surface area contributed by atoms with Gasteiger partial charge in [-0.15, -0.1) is 0 Å². The van der Waals surface area contributed by atoms with Gasteiger partial charge in [-0.05, 0) is 18.1 Å². The number of piperidine rings is 1. The van der Waals surface area contributed by atoms with Gasteiger partial charge in [0.05, 0.1) is 12.8 Å². The van der Waals surface area contributed by atoms with Crippen LogP contribution < -0.4 is 4.74 Å². The first-order valence-electron chi connectivity index (χ1n) is 5.76. The second-order valence-electron chi connectivity index (χ2n) is 4.41. The Kier molecular flexibility index (Phi) is 2.72. The van der Waals surface area contributed by atoms with E-state index >= 15 is 0 Å². The van der Waals surface area contributed by atoms with Gasteiger partial charge in [-0.3, -0.25) is 4.90 Å². The lowest BCUT2D eigenvalue weighted by Gasteiger charge is -2.12. The van der Waals surface area contributed by atoms with Crippen molar-refractivity contribution in [3.8, 4) is 5.88 Å². The molecule has 0 aromatic carbocycles. The van der Waals surface area contributed by atoms with Crippen molar-refractivity contribution < 1.29 is 14.1 Å². The number of rotatable bonds is 4. The molecule has 3 rings (SSSR count). The Bertz CT molecular complexity index is 429. The smallest absolute Gasteiger partial charge is 0.254 e. The number of ether oxygens (including phenoxy) is 1. The van der Waals surface area contributed by atoms with Crippen molar-refractivity contribution in [2.75, 3.05) is 26.7 Å². The number of aromatic nitrogens is 1. The Balaban J connectivity index is 1.53. The fraction of sp³-hybridized carbons (Fsp3) is 0.636. The molecule has 0 saturated carbocycles. The van der Waals surface area contributed by atoms with Crippen LogP contribution in [0.25, 0.3) is 0 Å². The van der Waals surface area contributed by atoms with Crippen molar-refractivity contribution in [2.45, 2.75) is 13.0 Å². The summed E-state index contributed by atoms with van der Waals surface area (Å²) in [5.74, 6) is 1.68. The van der Waals surface area contributed by atoms with Crippen LogP contribution in [0.15, 0.2) is 15.7 Å². The topological polar surface area (TPSA) is 60.1 Å².